The van der Waals surface area contributed by atoms with E-state index in [2.05, 4.69) is 11.9 Å². The van der Waals surface area contributed by atoms with Crippen LogP contribution in [0.5, 0.6) is 17.2 Å². The molecule has 7 heteroatoms. The molecule has 2 aromatic carbocycles. The maximum atomic E-state index is 12.6. The predicted octanol–water partition coefficient (Wildman–Crippen LogP) is 3.02. The lowest BCUT2D eigenvalue weighted by Gasteiger charge is -2.21. The summed E-state index contributed by atoms with van der Waals surface area (Å²) < 4.78 is 16.1. The van der Waals surface area contributed by atoms with Crippen LogP contribution in [-0.4, -0.2) is 44.6 Å². The van der Waals surface area contributed by atoms with Crippen LogP contribution in [0.3, 0.4) is 0 Å². The van der Waals surface area contributed by atoms with E-state index in [1.807, 2.05) is 19.1 Å². The van der Waals surface area contributed by atoms with Gasteiger partial charge in [0.1, 0.15) is 6.54 Å². The van der Waals surface area contributed by atoms with Crippen molar-refractivity contribution in [3.63, 3.8) is 0 Å². The highest BCUT2D eigenvalue weighted by Crippen LogP contribution is 2.39. The highest BCUT2D eigenvalue weighted by atomic mass is 16.5. The van der Waals surface area contributed by atoms with Crippen LogP contribution in [0.4, 0.5) is 0 Å². The third-order valence-electron chi connectivity index (χ3n) is 4.91. The average Bonchev–Trinajstić information content (AvgIpc) is 2.97. The Hall–Kier alpha value is -3.48. The first kappa shape index (κ1) is 20.3. The smallest absolute Gasteiger partial charge is 0.259 e. The third kappa shape index (κ3) is 3.76. The molecule has 3 rings (SSSR count). The van der Waals surface area contributed by atoms with Crippen molar-refractivity contribution in [2.45, 2.75) is 13.0 Å². The van der Waals surface area contributed by atoms with E-state index in [9.17, 15) is 9.59 Å². The first-order valence-corrected chi connectivity index (χ1v) is 9.10. The van der Waals surface area contributed by atoms with Gasteiger partial charge in [-0.05, 0) is 30.7 Å². The molecule has 1 aliphatic rings. The molecule has 0 spiro atoms. The fourth-order valence-corrected chi connectivity index (χ4v) is 3.37. The molecule has 29 heavy (non-hydrogen) atoms. The van der Waals surface area contributed by atoms with E-state index in [-0.39, 0.29) is 24.4 Å². The SMILES string of the molecule is C=C1c2ccccc2C(=O)N1CC(=O)NC(C)c1cc(OC)c(OC)c(OC)c1. The molecule has 1 heterocycles. The van der Waals surface area contributed by atoms with E-state index in [0.29, 0.717) is 28.5 Å². The molecular formula is C22H24N2O5. The van der Waals surface area contributed by atoms with E-state index in [1.165, 1.54) is 26.2 Å². The summed E-state index contributed by atoms with van der Waals surface area (Å²) >= 11 is 0. The maximum Gasteiger partial charge on any atom is 0.259 e. The van der Waals surface area contributed by atoms with Crippen LogP contribution >= 0.6 is 0 Å². The number of rotatable bonds is 7. The van der Waals surface area contributed by atoms with Gasteiger partial charge in [0, 0.05) is 16.8 Å². The molecular weight excluding hydrogens is 372 g/mol. The second-order valence-electron chi connectivity index (χ2n) is 6.63. The van der Waals surface area contributed by atoms with Crippen molar-refractivity contribution in [2.75, 3.05) is 27.9 Å². The Labute approximate surface area is 169 Å². The zero-order valence-electron chi connectivity index (χ0n) is 16.9. The summed E-state index contributed by atoms with van der Waals surface area (Å²) in [6, 6.07) is 10.4. The number of nitrogens with zero attached hydrogens (tertiary/aromatic N) is 1. The Morgan fingerprint density at radius 2 is 1.66 bits per heavy atom. The molecule has 0 aliphatic carbocycles. The molecule has 1 atom stereocenters. The first-order chi connectivity index (χ1) is 13.9. The van der Waals surface area contributed by atoms with Gasteiger partial charge in [0.05, 0.1) is 27.4 Å². The number of benzene rings is 2. The van der Waals surface area contributed by atoms with E-state index in [1.54, 1.807) is 24.3 Å². The van der Waals surface area contributed by atoms with Gasteiger partial charge in [-0.25, -0.2) is 0 Å². The molecule has 0 saturated heterocycles. The zero-order chi connectivity index (χ0) is 21.1. The maximum absolute atomic E-state index is 12.6. The minimum absolute atomic E-state index is 0.110. The number of fused-ring (bicyclic) bond motifs is 1. The normalized spacial score (nSPS) is 13.7. The first-order valence-electron chi connectivity index (χ1n) is 9.10. The van der Waals surface area contributed by atoms with Gasteiger partial charge in [-0.2, -0.15) is 0 Å². The summed E-state index contributed by atoms with van der Waals surface area (Å²) in [7, 11) is 4.60. The molecule has 0 radical (unpaired) electrons. The second kappa shape index (κ2) is 8.26. The van der Waals surface area contributed by atoms with Crippen molar-refractivity contribution < 1.29 is 23.8 Å². The third-order valence-corrected chi connectivity index (χ3v) is 4.91. The van der Waals surface area contributed by atoms with Crippen molar-refractivity contribution in [1.82, 2.24) is 10.2 Å². The summed E-state index contributed by atoms with van der Waals surface area (Å²) in [5.74, 6) is 0.965. The Kier molecular flexibility index (Phi) is 5.77. The van der Waals surface area contributed by atoms with Crippen LogP contribution in [0, 0.1) is 0 Å². The number of carbonyl (C=O) groups is 2. The van der Waals surface area contributed by atoms with Crippen molar-refractivity contribution in [2.24, 2.45) is 0 Å². The Morgan fingerprint density at radius 1 is 1.07 bits per heavy atom. The molecule has 0 saturated carbocycles. The fraction of sp³-hybridized carbons (Fsp3) is 0.273. The fourth-order valence-electron chi connectivity index (χ4n) is 3.37. The molecule has 1 aliphatic heterocycles. The summed E-state index contributed by atoms with van der Waals surface area (Å²) in [5.41, 5.74) is 2.62. The van der Waals surface area contributed by atoms with Gasteiger partial charge in [-0.15, -0.1) is 0 Å². The molecule has 1 N–H and O–H groups in total. The number of methoxy groups -OCH3 is 3. The van der Waals surface area contributed by atoms with Gasteiger partial charge >= 0.3 is 0 Å². The van der Waals surface area contributed by atoms with Crippen molar-refractivity contribution in [3.8, 4) is 17.2 Å². The number of carbonyl (C=O) groups excluding carboxylic acids is 2. The lowest BCUT2D eigenvalue weighted by atomic mass is 10.1. The lowest BCUT2D eigenvalue weighted by molar-refractivity contribution is -0.121. The number of ether oxygens (including phenoxy) is 3. The topological polar surface area (TPSA) is 77.1 Å². The van der Waals surface area contributed by atoms with E-state index in [4.69, 9.17) is 14.2 Å². The molecule has 152 valence electrons. The van der Waals surface area contributed by atoms with Gasteiger partial charge in [-0.1, -0.05) is 24.8 Å². The van der Waals surface area contributed by atoms with Crippen molar-refractivity contribution >= 4 is 17.5 Å². The molecule has 0 aromatic heterocycles. The monoisotopic (exact) mass is 396 g/mol. The van der Waals surface area contributed by atoms with Crippen molar-refractivity contribution in [1.29, 1.82) is 0 Å². The Morgan fingerprint density at radius 3 is 2.17 bits per heavy atom. The van der Waals surface area contributed by atoms with Crippen LogP contribution in [0.2, 0.25) is 0 Å². The number of nitrogens with one attached hydrogen (secondary N) is 1. The van der Waals surface area contributed by atoms with Gasteiger partial charge in [0.15, 0.2) is 11.5 Å². The minimum atomic E-state index is -0.343. The molecule has 1 unspecified atom stereocenters. The van der Waals surface area contributed by atoms with Gasteiger partial charge in [0.25, 0.3) is 5.91 Å². The molecule has 0 bridgehead atoms. The van der Waals surface area contributed by atoms with Gasteiger partial charge in [0.2, 0.25) is 11.7 Å². The number of hydrogen-bond donors (Lipinski definition) is 1. The molecule has 0 fully saturated rings. The van der Waals surface area contributed by atoms with E-state index >= 15 is 0 Å². The van der Waals surface area contributed by atoms with Gasteiger partial charge < -0.3 is 19.5 Å². The van der Waals surface area contributed by atoms with Crippen LogP contribution in [0.25, 0.3) is 5.70 Å². The predicted molar refractivity (Wildman–Crippen MR) is 109 cm³/mol. The number of hydrogen-bond acceptors (Lipinski definition) is 5. The van der Waals surface area contributed by atoms with Crippen LogP contribution < -0.4 is 19.5 Å². The minimum Gasteiger partial charge on any atom is -0.493 e. The van der Waals surface area contributed by atoms with E-state index in [0.717, 1.165) is 11.1 Å². The summed E-state index contributed by atoms with van der Waals surface area (Å²) in [6.07, 6.45) is 0. The van der Waals surface area contributed by atoms with E-state index < -0.39 is 0 Å². The summed E-state index contributed by atoms with van der Waals surface area (Å²) in [5, 5.41) is 2.91. The summed E-state index contributed by atoms with van der Waals surface area (Å²) in [6.45, 7) is 5.69. The lowest BCUT2D eigenvalue weighted by Crippen LogP contribution is -2.38. The molecule has 7 nitrogen and oxygen atoms in total. The molecule has 2 amide bonds. The van der Waals surface area contributed by atoms with Gasteiger partial charge in [-0.3, -0.25) is 14.5 Å². The largest absolute Gasteiger partial charge is 0.493 e. The van der Waals surface area contributed by atoms with Crippen LogP contribution in [0.15, 0.2) is 43.0 Å². The highest BCUT2D eigenvalue weighted by Gasteiger charge is 2.32. The standard InChI is InChI=1S/C22H24N2O5/c1-13(15-10-18(27-3)21(29-5)19(11-15)28-4)23-20(25)12-24-14(2)16-8-6-7-9-17(16)22(24)26/h6-11,13H,2,12H2,1,3-5H3,(H,23,25). The number of amides is 2. The quantitative estimate of drug-likeness (QED) is 0.779. The van der Waals surface area contributed by atoms with Crippen LogP contribution in [0.1, 0.15) is 34.5 Å². The zero-order valence-corrected chi connectivity index (χ0v) is 16.9. The Balaban J connectivity index is 1.73. The van der Waals surface area contributed by atoms with Crippen molar-refractivity contribution in [3.05, 3.63) is 59.7 Å². The highest BCUT2D eigenvalue weighted by molar-refractivity contribution is 6.10. The second-order valence-corrected chi connectivity index (χ2v) is 6.63. The summed E-state index contributed by atoms with van der Waals surface area (Å²) in [4.78, 5) is 26.6. The molecule has 2 aromatic rings. The Bertz CT molecular complexity index is 909. The van der Waals surface area contributed by atoms with Crippen LogP contribution in [-0.2, 0) is 4.79 Å². The average molecular weight is 396 g/mol.